The predicted octanol–water partition coefficient (Wildman–Crippen LogP) is 1.56. The topological polar surface area (TPSA) is 93.2 Å². The Morgan fingerprint density at radius 3 is 2.67 bits per heavy atom. The van der Waals surface area contributed by atoms with E-state index in [1.54, 1.807) is 17.1 Å². The number of hydrogen-bond donors (Lipinski definition) is 2. The van der Waals surface area contributed by atoms with Gasteiger partial charge in [-0.1, -0.05) is 19.3 Å². The van der Waals surface area contributed by atoms with E-state index in [4.69, 9.17) is 5.73 Å². The van der Waals surface area contributed by atoms with Crippen LogP contribution in [-0.4, -0.2) is 51.7 Å². The molecule has 0 aromatic carbocycles. The molecule has 3 unspecified atom stereocenters. The lowest BCUT2D eigenvalue weighted by atomic mass is 9.95. The van der Waals surface area contributed by atoms with Crippen LogP contribution in [0, 0.1) is 11.8 Å². The van der Waals surface area contributed by atoms with Gasteiger partial charge >= 0.3 is 0 Å². The first-order valence-corrected chi connectivity index (χ1v) is 9.97. The van der Waals surface area contributed by atoms with E-state index in [0.29, 0.717) is 23.4 Å². The van der Waals surface area contributed by atoms with Gasteiger partial charge in [0.1, 0.15) is 6.54 Å². The Labute approximate surface area is 166 Å². The third kappa shape index (κ3) is 4.46. The number of amides is 2. The second-order valence-corrected chi connectivity index (χ2v) is 8.20. The zero-order valence-electron chi connectivity index (χ0n) is 15.7. The monoisotopic (exact) mass is 395 g/mol. The zero-order valence-corrected chi connectivity index (χ0v) is 16.5. The number of hydrogen-bond acceptors (Lipinski definition) is 4. The van der Waals surface area contributed by atoms with E-state index in [0.717, 1.165) is 38.8 Å². The number of likely N-dealkylation sites (tertiary alicyclic amines) is 1. The number of fused-ring (bicyclic) bond motifs is 1. The smallest absolute Gasteiger partial charge is 0.257 e. The second kappa shape index (κ2) is 8.61. The van der Waals surface area contributed by atoms with Gasteiger partial charge in [0, 0.05) is 31.4 Å². The molecule has 1 aromatic rings. The molecule has 0 radical (unpaired) electrons. The number of aromatic nitrogens is 2. The molecule has 3 N–H and O–H groups in total. The maximum atomic E-state index is 12.7. The zero-order chi connectivity index (χ0) is 18.1. The number of carbonyl (C=O) groups is 2. The molecule has 2 heterocycles. The fourth-order valence-corrected chi connectivity index (χ4v) is 4.88. The maximum absolute atomic E-state index is 12.7. The van der Waals surface area contributed by atoms with Gasteiger partial charge in [0.15, 0.2) is 0 Å². The summed E-state index contributed by atoms with van der Waals surface area (Å²) >= 11 is 0. The van der Waals surface area contributed by atoms with E-state index in [1.165, 1.54) is 19.3 Å². The van der Waals surface area contributed by atoms with Crippen molar-refractivity contribution in [3.8, 4) is 0 Å². The maximum Gasteiger partial charge on any atom is 0.257 e. The van der Waals surface area contributed by atoms with Crippen molar-refractivity contribution in [2.75, 3.05) is 13.1 Å². The molecule has 4 rings (SSSR count). The first-order valence-electron chi connectivity index (χ1n) is 9.97. The lowest BCUT2D eigenvalue weighted by Gasteiger charge is -2.22. The predicted molar refractivity (Wildman–Crippen MR) is 105 cm³/mol. The summed E-state index contributed by atoms with van der Waals surface area (Å²) in [6.45, 7) is 1.71. The Bertz CT molecular complexity index is 673. The molecule has 8 heteroatoms. The van der Waals surface area contributed by atoms with E-state index in [1.807, 2.05) is 4.90 Å². The van der Waals surface area contributed by atoms with Crippen LogP contribution in [0.15, 0.2) is 12.4 Å². The van der Waals surface area contributed by atoms with E-state index in [2.05, 4.69) is 10.4 Å². The highest BCUT2D eigenvalue weighted by atomic mass is 35.5. The van der Waals surface area contributed by atoms with Crippen LogP contribution >= 0.6 is 12.4 Å². The van der Waals surface area contributed by atoms with Gasteiger partial charge in [0.2, 0.25) is 5.91 Å². The minimum Gasteiger partial charge on any atom is -0.352 e. The standard InChI is InChI=1S/C19H29N5O2.ClH/c20-17-7-6-13-9-23(11-16(13)17)19(26)14-8-21-24(10-14)12-18(25)22-15-4-2-1-3-5-15;/h8,10,13,15-17H,1-7,9,11-12,20H2,(H,22,25);1H. The Morgan fingerprint density at radius 1 is 1.15 bits per heavy atom. The number of nitrogens with two attached hydrogens (primary N) is 1. The highest BCUT2D eigenvalue weighted by Gasteiger charge is 2.42. The molecule has 1 saturated heterocycles. The molecule has 3 atom stereocenters. The van der Waals surface area contributed by atoms with Crippen LogP contribution in [0.1, 0.15) is 55.3 Å². The van der Waals surface area contributed by atoms with E-state index < -0.39 is 0 Å². The second-order valence-electron chi connectivity index (χ2n) is 8.20. The van der Waals surface area contributed by atoms with Gasteiger partial charge in [0.05, 0.1) is 11.8 Å². The third-order valence-corrected chi connectivity index (χ3v) is 6.36. The Hall–Kier alpha value is -1.60. The Morgan fingerprint density at radius 2 is 1.93 bits per heavy atom. The molecule has 7 nitrogen and oxygen atoms in total. The fourth-order valence-electron chi connectivity index (χ4n) is 4.88. The summed E-state index contributed by atoms with van der Waals surface area (Å²) in [5, 5.41) is 7.30. The molecule has 150 valence electrons. The van der Waals surface area contributed by atoms with Crippen LogP contribution in [0.3, 0.4) is 0 Å². The molecule has 0 bridgehead atoms. The molecule has 2 aliphatic carbocycles. The van der Waals surface area contributed by atoms with Crippen molar-refractivity contribution in [3.63, 3.8) is 0 Å². The van der Waals surface area contributed by atoms with Crippen LogP contribution in [0.4, 0.5) is 0 Å². The van der Waals surface area contributed by atoms with Crippen molar-refractivity contribution in [2.45, 2.75) is 63.6 Å². The molecule has 3 aliphatic rings. The third-order valence-electron chi connectivity index (χ3n) is 6.36. The van der Waals surface area contributed by atoms with Crippen LogP contribution < -0.4 is 11.1 Å². The Kier molecular flexibility index (Phi) is 6.42. The van der Waals surface area contributed by atoms with Crippen LogP contribution in [0.25, 0.3) is 0 Å². The molecule has 27 heavy (non-hydrogen) atoms. The number of nitrogens with one attached hydrogen (secondary N) is 1. The molecule has 2 amide bonds. The molecular weight excluding hydrogens is 366 g/mol. The van der Waals surface area contributed by atoms with Crippen molar-refractivity contribution in [1.82, 2.24) is 20.0 Å². The summed E-state index contributed by atoms with van der Waals surface area (Å²) in [7, 11) is 0. The van der Waals surface area contributed by atoms with E-state index in [-0.39, 0.29) is 36.8 Å². The minimum atomic E-state index is -0.0272. The van der Waals surface area contributed by atoms with Crippen molar-refractivity contribution in [3.05, 3.63) is 18.0 Å². The van der Waals surface area contributed by atoms with Gasteiger partial charge in [-0.2, -0.15) is 5.10 Å². The Balaban J connectivity index is 0.00000210. The SMILES string of the molecule is Cl.NC1CCC2CN(C(=O)c3cnn(CC(=O)NC4CCCCC4)c3)CC12. The highest BCUT2D eigenvalue weighted by Crippen LogP contribution is 2.37. The van der Waals surface area contributed by atoms with Gasteiger partial charge in [-0.25, -0.2) is 0 Å². The first kappa shape index (κ1) is 20.1. The van der Waals surface area contributed by atoms with E-state index >= 15 is 0 Å². The first-order chi connectivity index (χ1) is 12.6. The van der Waals surface area contributed by atoms with Gasteiger partial charge < -0.3 is 16.0 Å². The lowest BCUT2D eigenvalue weighted by molar-refractivity contribution is -0.122. The van der Waals surface area contributed by atoms with Crippen molar-refractivity contribution in [2.24, 2.45) is 17.6 Å². The van der Waals surface area contributed by atoms with Gasteiger partial charge in [-0.15, -0.1) is 12.4 Å². The summed E-state index contributed by atoms with van der Waals surface area (Å²) in [5.41, 5.74) is 6.72. The number of rotatable bonds is 4. The van der Waals surface area contributed by atoms with Crippen LogP contribution in [-0.2, 0) is 11.3 Å². The highest BCUT2D eigenvalue weighted by molar-refractivity contribution is 5.94. The number of halogens is 1. The largest absolute Gasteiger partial charge is 0.352 e. The van der Waals surface area contributed by atoms with Crippen molar-refractivity contribution >= 4 is 24.2 Å². The number of nitrogens with zero attached hydrogens (tertiary/aromatic N) is 3. The summed E-state index contributed by atoms with van der Waals surface area (Å²) in [6.07, 6.45) is 11.2. The number of carbonyl (C=O) groups excluding carboxylic acids is 2. The summed E-state index contributed by atoms with van der Waals surface area (Å²) in [5.74, 6) is 0.965. The van der Waals surface area contributed by atoms with Gasteiger partial charge in [-0.05, 0) is 37.5 Å². The van der Waals surface area contributed by atoms with E-state index in [9.17, 15) is 9.59 Å². The van der Waals surface area contributed by atoms with Crippen LogP contribution in [0.2, 0.25) is 0 Å². The average molecular weight is 396 g/mol. The van der Waals surface area contributed by atoms with Gasteiger partial charge in [-0.3, -0.25) is 14.3 Å². The molecule has 2 saturated carbocycles. The van der Waals surface area contributed by atoms with Gasteiger partial charge in [0.25, 0.3) is 5.91 Å². The van der Waals surface area contributed by atoms with Crippen molar-refractivity contribution < 1.29 is 9.59 Å². The minimum absolute atomic E-state index is 0. The molecule has 1 aliphatic heterocycles. The van der Waals surface area contributed by atoms with Crippen molar-refractivity contribution in [1.29, 1.82) is 0 Å². The average Bonchev–Trinajstić information content (AvgIpc) is 3.33. The summed E-state index contributed by atoms with van der Waals surface area (Å²) in [6, 6.07) is 0.519. The van der Waals surface area contributed by atoms with Crippen LogP contribution in [0.5, 0.6) is 0 Å². The summed E-state index contributed by atoms with van der Waals surface area (Å²) < 4.78 is 1.56. The molecule has 1 aromatic heterocycles. The molecule has 3 fully saturated rings. The molecule has 0 spiro atoms. The normalized spacial score (nSPS) is 27.9. The quantitative estimate of drug-likeness (QED) is 0.809. The fraction of sp³-hybridized carbons (Fsp3) is 0.737. The molecular formula is C19H30ClN5O2. The lowest BCUT2D eigenvalue weighted by Crippen LogP contribution is -2.38. The summed E-state index contributed by atoms with van der Waals surface area (Å²) in [4.78, 5) is 26.8.